The van der Waals surface area contributed by atoms with Crippen molar-refractivity contribution in [1.82, 2.24) is 0 Å². The molecule has 0 amide bonds. The molecule has 0 heterocycles. The minimum atomic E-state index is -0.440. The van der Waals surface area contributed by atoms with E-state index in [0.29, 0.717) is 12.0 Å². The summed E-state index contributed by atoms with van der Waals surface area (Å²) in [5.41, 5.74) is 0. The van der Waals surface area contributed by atoms with Gasteiger partial charge in [-0.25, -0.2) is 0 Å². The van der Waals surface area contributed by atoms with Crippen LogP contribution in [0.25, 0.3) is 0 Å². The molecule has 0 rings (SSSR count). The van der Waals surface area contributed by atoms with Crippen molar-refractivity contribution in [2.75, 3.05) is 7.11 Å². The lowest BCUT2D eigenvalue weighted by Gasteiger charge is -2.21. The molecule has 226 valence electrons. The van der Waals surface area contributed by atoms with E-state index in [2.05, 4.69) is 32.6 Å². The van der Waals surface area contributed by atoms with Crippen LogP contribution in [-0.4, -0.2) is 24.4 Å². The van der Waals surface area contributed by atoms with Gasteiger partial charge in [-0.15, -0.1) is 5.92 Å². The van der Waals surface area contributed by atoms with E-state index >= 15 is 0 Å². The molecule has 0 aromatic heterocycles. The zero-order valence-corrected chi connectivity index (χ0v) is 26.7. The van der Waals surface area contributed by atoms with E-state index in [0.717, 1.165) is 32.1 Å². The second-order valence-corrected chi connectivity index (χ2v) is 12.1. The summed E-state index contributed by atoms with van der Waals surface area (Å²) >= 11 is 0. The monoisotopic (exact) mass is 535 g/mol. The van der Waals surface area contributed by atoms with Crippen molar-refractivity contribution in [3.63, 3.8) is 0 Å². The Kier molecular flexibility index (Phi) is 30.6. The van der Waals surface area contributed by atoms with Gasteiger partial charge < -0.3 is 9.84 Å². The van der Waals surface area contributed by atoms with E-state index in [9.17, 15) is 5.11 Å². The Morgan fingerprint density at radius 2 is 0.947 bits per heavy atom. The summed E-state index contributed by atoms with van der Waals surface area (Å²) in [7, 11) is 1.81. The zero-order chi connectivity index (χ0) is 27.9. The third kappa shape index (κ3) is 27.1. The number of ether oxygens (including phenoxy) is 1. The highest BCUT2D eigenvalue weighted by Crippen LogP contribution is 2.18. The molecule has 0 aliphatic heterocycles. The van der Waals surface area contributed by atoms with Gasteiger partial charge in [0.25, 0.3) is 0 Å². The van der Waals surface area contributed by atoms with Gasteiger partial charge in [-0.05, 0) is 38.0 Å². The molecule has 1 N–H and O–H groups in total. The molecule has 0 aromatic rings. The third-order valence-electron chi connectivity index (χ3n) is 8.40. The van der Waals surface area contributed by atoms with Crippen LogP contribution in [-0.2, 0) is 4.74 Å². The van der Waals surface area contributed by atoms with Crippen LogP contribution in [0.4, 0.5) is 0 Å². The number of methoxy groups -OCH3 is 1. The number of hydrogen-bond acceptors (Lipinski definition) is 2. The molecule has 0 spiro atoms. The van der Waals surface area contributed by atoms with Gasteiger partial charge in [-0.1, -0.05) is 162 Å². The predicted octanol–water partition coefficient (Wildman–Crippen LogP) is 11.6. The van der Waals surface area contributed by atoms with Gasteiger partial charge in [-0.3, -0.25) is 0 Å². The van der Waals surface area contributed by atoms with Gasteiger partial charge >= 0.3 is 0 Å². The Morgan fingerprint density at radius 3 is 1.34 bits per heavy atom. The quantitative estimate of drug-likeness (QED) is 0.0763. The Balaban J connectivity index is 3.29. The van der Waals surface area contributed by atoms with E-state index in [1.165, 1.54) is 141 Å². The van der Waals surface area contributed by atoms with Crippen LogP contribution in [0.2, 0.25) is 0 Å². The van der Waals surface area contributed by atoms with Gasteiger partial charge in [0.05, 0.1) is 6.10 Å². The molecule has 0 bridgehead atoms. The Labute approximate surface area is 240 Å². The maximum Gasteiger partial charge on any atom is 0.114 e. The lowest BCUT2D eigenvalue weighted by Crippen LogP contribution is -2.19. The maximum absolute atomic E-state index is 10.1. The third-order valence-corrected chi connectivity index (χ3v) is 8.40. The number of unbranched alkanes of at least 4 members (excludes halogenated alkanes) is 22. The van der Waals surface area contributed by atoms with Crippen LogP contribution in [0.3, 0.4) is 0 Å². The molecule has 2 heteroatoms. The highest BCUT2D eigenvalue weighted by molar-refractivity contribution is 5.04. The number of aliphatic hydroxyl groups excluding tert-OH is 1. The second kappa shape index (κ2) is 31.0. The average molecular weight is 535 g/mol. The first-order valence-corrected chi connectivity index (χ1v) is 17.3. The predicted molar refractivity (Wildman–Crippen MR) is 170 cm³/mol. The van der Waals surface area contributed by atoms with E-state index in [4.69, 9.17) is 4.74 Å². The molecule has 3 atom stereocenters. The Bertz CT molecular complexity index is 501. The van der Waals surface area contributed by atoms with Crippen LogP contribution >= 0.6 is 0 Å². The minimum Gasteiger partial charge on any atom is -0.381 e. The highest BCUT2D eigenvalue weighted by atomic mass is 16.5. The summed E-state index contributed by atoms with van der Waals surface area (Å²) in [6.07, 6.45) is 36.0. The molecule has 0 aliphatic carbocycles. The highest BCUT2D eigenvalue weighted by Gasteiger charge is 2.14. The Hall–Kier alpha value is -0.520. The standard InChI is InChI=1S/C36H70O2/c1-5-7-8-9-10-11-12-13-14-15-16-17-18-19-20-21-22-23-24-25-26-27-28-32-35(37)33-30-29-31-34(3)36(6-2)38-4/h34-37H,5-27,29-31,33H2,1-4H3/t34-,35-,36+/m0/s1. The fourth-order valence-electron chi connectivity index (χ4n) is 5.70. The second-order valence-electron chi connectivity index (χ2n) is 12.1. The van der Waals surface area contributed by atoms with Crippen LogP contribution in [0.1, 0.15) is 194 Å². The number of hydrogen-bond donors (Lipinski definition) is 1. The zero-order valence-electron chi connectivity index (χ0n) is 26.7. The van der Waals surface area contributed by atoms with Crippen molar-refractivity contribution in [2.45, 2.75) is 206 Å². The first-order chi connectivity index (χ1) is 18.7. The summed E-state index contributed by atoms with van der Waals surface area (Å²) in [6, 6.07) is 0. The molecular weight excluding hydrogens is 464 g/mol. The van der Waals surface area contributed by atoms with Gasteiger partial charge in [0.15, 0.2) is 0 Å². The molecule has 2 nitrogen and oxygen atoms in total. The molecule has 0 saturated carbocycles. The summed E-state index contributed by atoms with van der Waals surface area (Å²) in [4.78, 5) is 0. The van der Waals surface area contributed by atoms with E-state index in [1.807, 2.05) is 7.11 Å². The molecule has 0 saturated heterocycles. The van der Waals surface area contributed by atoms with Gasteiger partial charge in [-0.2, -0.15) is 0 Å². The van der Waals surface area contributed by atoms with Crippen LogP contribution in [0.15, 0.2) is 0 Å². The fraction of sp³-hybridized carbons (Fsp3) is 0.944. The van der Waals surface area contributed by atoms with Crippen molar-refractivity contribution in [2.24, 2.45) is 5.92 Å². The number of aliphatic hydroxyl groups is 1. The van der Waals surface area contributed by atoms with Crippen LogP contribution in [0, 0.1) is 17.8 Å². The summed E-state index contributed by atoms with van der Waals surface area (Å²) in [6.45, 7) is 6.76. The Morgan fingerprint density at radius 1 is 0.553 bits per heavy atom. The summed E-state index contributed by atoms with van der Waals surface area (Å²) in [5, 5.41) is 10.1. The van der Waals surface area contributed by atoms with Crippen LogP contribution in [0.5, 0.6) is 0 Å². The van der Waals surface area contributed by atoms with Gasteiger partial charge in [0, 0.05) is 13.5 Å². The molecule has 0 aromatic carbocycles. The van der Waals surface area contributed by atoms with Crippen molar-refractivity contribution < 1.29 is 9.84 Å². The van der Waals surface area contributed by atoms with Crippen molar-refractivity contribution >= 4 is 0 Å². The SMILES string of the molecule is CCCCCCCCCCCCCCCCCCCCCCCC#C[C@H](O)CCCC[C@H](C)[C@@H](CC)OC. The van der Waals surface area contributed by atoms with Crippen LogP contribution < -0.4 is 0 Å². The lowest BCUT2D eigenvalue weighted by atomic mass is 9.95. The minimum absolute atomic E-state index is 0.369. The van der Waals surface area contributed by atoms with E-state index < -0.39 is 6.10 Å². The molecule has 0 unspecified atom stereocenters. The molecule has 38 heavy (non-hydrogen) atoms. The molecule has 0 aliphatic rings. The first kappa shape index (κ1) is 37.5. The van der Waals surface area contributed by atoms with E-state index in [1.54, 1.807) is 0 Å². The van der Waals surface area contributed by atoms with E-state index in [-0.39, 0.29) is 0 Å². The molecule has 0 fully saturated rings. The topological polar surface area (TPSA) is 29.5 Å². The maximum atomic E-state index is 10.1. The largest absolute Gasteiger partial charge is 0.381 e. The lowest BCUT2D eigenvalue weighted by molar-refractivity contribution is 0.0512. The van der Waals surface area contributed by atoms with Crippen molar-refractivity contribution in [3.05, 3.63) is 0 Å². The molecular formula is C36H70O2. The fourth-order valence-corrected chi connectivity index (χ4v) is 5.70. The average Bonchev–Trinajstić information content (AvgIpc) is 2.92. The summed E-state index contributed by atoms with van der Waals surface area (Å²) < 4.78 is 5.52. The van der Waals surface area contributed by atoms with Gasteiger partial charge in [0.2, 0.25) is 0 Å². The summed E-state index contributed by atoms with van der Waals surface area (Å²) in [5.74, 6) is 6.87. The van der Waals surface area contributed by atoms with Crippen molar-refractivity contribution in [1.29, 1.82) is 0 Å². The normalized spacial score (nSPS) is 13.7. The number of rotatable bonds is 29. The van der Waals surface area contributed by atoms with Crippen molar-refractivity contribution in [3.8, 4) is 11.8 Å². The smallest absolute Gasteiger partial charge is 0.114 e. The van der Waals surface area contributed by atoms with Gasteiger partial charge in [0.1, 0.15) is 6.10 Å². The molecule has 0 radical (unpaired) electrons. The first-order valence-electron chi connectivity index (χ1n) is 17.3.